The molecule has 74 heavy (non-hydrogen) atoms. The second-order valence-electron chi connectivity index (χ2n) is 20.3. The maximum atomic E-state index is 6.60. The van der Waals surface area contributed by atoms with Crippen LogP contribution in [0.1, 0.15) is 101 Å². The van der Waals surface area contributed by atoms with E-state index in [1.54, 1.807) is 11.3 Å². The first-order valence-electron chi connectivity index (χ1n) is 25.7. The predicted molar refractivity (Wildman–Crippen MR) is 309 cm³/mol. The minimum atomic E-state index is 0. The van der Waals surface area contributed by atoms with Crippen LogP contribution in [0.2, 0.25) is 0 Å². The second-order valence-corrected chi connectivity index (χ2v) is 21.3. The van der Waals surface area contributed by atoms with E-state index in [0.29, 0.717) is 23.7 Å². The Morgan fingerprint density at radius 1 is 0.486 bits per heavy atom. The molecule has 12 aromatic rings. The van der Waals surface area contributed by atoms with E-state index in [9.17, 15) is 0 Å². The van der Waals surface area contributed by atoms with E-state index in [0.717, 1.165) is 66.0 Å². The molecule has 9 aromatic carbocycles. The molecule has 0 spiro atoms. The summed E-state index contributed by atoms with van der Waals surface area (Å²) >= 11 is 1.74. The van der Waals surface area contributed by atoms with E-state index in [1.165, 1.54) is 60.5 Å². The standard InChI is InChI=1S/C43H34NOS.C25H25N2.Ir/c1-26(2)36-23-31(29-15-9-6-10-16-29)24-37(27(3)4)40(36)34-18-12-20-38-42(34)46-43(44-38)35-19-11-17-33-32-22-21-30(25-39(32)45-41(33)35)28-13-7-5-8-14-28;1-17(2)20-13-10-14-21(18(3)4)24(20)27-23-16-9-8-15-22(23)26-25(27)19-11-6-5-7-12-19;/h5-18,20-27H,1-4H3;5-11,13-18H,1-4H3;/q2*-1;. The van der Waals surface area contributed by atoms with Gasteiger partial charge in [0.2, 0.25) is 0 Å². The van der Waals surface area contributed by atoms with Gasteiger partial charge in [-0.15, -0.1) is 54.1 Å². The van der Waals surface area contributed by atoms with Crippen LogP contribution < -0.4 is 0 Å². The van der Waals surface area contributed by atoms with Crippen molar-refractivity contribution in [2.24, 2.45) is 0 Å². The van der Waals surface area contributed by atoms with Crippen molar-refractivity contribution in [3.8, 4) is 61.0 Å². The van der Waals surface area contributed by atoms with Crippen LogP contribution in [0.25, 0.3) is 104 Å². The van der Waals surface area contributed by atoms with Crippen LogP contribution in [-0.4, -0.2) is 14.5 Å². The van der Waals surface area contributed by atoms with E-state index in [-0.39, 0.29) is 20.1 Å². The first kappa shape index (κ1) is 50.3. The molecule has 0 unspecified atom stereocenters. The van der Waals surface area contributed by atoms with Gasteiger partial charge in [-0.25, -0.2) is 0 Å². The summed E-state index contributed by atoms with van der Waals surface area (Å²) < 4.78 is 10.1. The fourth-order valence-electron chi connectivity index (χ4n) is 10.4. The van der Waals surface area contributed by atoms with Gasteiger partial charge in [0.1, 0.15) is 5.58 Å². The smallest absolute Gasteiger partial charge is 0.121 e. The zero-order chi connectivity index (χ0) is 50.3. The maximum Gasteiger partial charge on any atom is 0.121 e. The summed E-state index contributed by atoms with van der Waals surface area (Å²) in [6, 6.07) is 73.1. The van der Waals surface area contributed by atoms with Crippen molar-refractivity contribution in [1.82, 2.24) is 14.5 Å². The van der Waals surface area contributed by atoms with Gasteiger partial charge in [0.15, 0.2) is 0 Å². The van der Waals surface area contributed by atoms with E-state index in [1.807, 2.05) is 30.3 Å². The topological polar surface area (TPSA) is 43.9 Å². The molecule has 3 heterocycles. The number of fused-ring (bicyclic) bond motifs is 5. The first-order valence-corrected chi connectivity index (χ1v) is 26.5. The maximum absolute atomic E-state index is 6.60. The van der Waals surface area contributed by atoms with E-state index in [4.69, 9.17) is 14.4 Å². The summed E-state index contributed by atoms with van der Waals surface area (Å²) in [5, 5.41) is 3.12. The molecule has 0 aliphatic rings. The van der Waals surface area contributed by atoms with Crippen LogP contribution in [-0.2, 0) is 20.1 Å². The summed E-state index contributed by atoms with van der Waals surface area (Å²) in [6.07, 6.45) is 0. The minimum absolute atomic E-state index is 0. The largest absolute Gasteiger partial charge is 0.501 e. The Morgan fingerprint density at radius 2 is 1.09 bits per heavy atom. The Kier molecular flexibility index (Phi) is 14.5. The molecular formula is C68H59IrN3OS-2. The van der Waals surface area contributed by atoms with Crippen LogP contribution in [0.4, 0.5) is 0 Å². The minimum Gasteiger partial charge on any atom is -0.501 e. The Balaban J connectivity index is 0.000000191. The first-order chi connectivity index (χ1) is 35.5. The van der Waals surface area contributed by atoms with Gasteiger partial charge in [0, 0.05) is 41.8 Å². The monoisotopic (exact) mass is 1160 g/mol. The Morgan fingerprint density at radius 3 is 1.74 bits per heavy atom. The molecular weight excluding hydrogens is 1100 g/mol. The zero-order valence-corrected chi connectivity index (χ0v) is 46.4. The van der Waals surface area contributed by atoms with Crippen molar-refractivity contribution in [2.75, 3.05) is 0 Å². The molecule has 1 radical (unpaired) electrons. The molecule has 0 bridgehead atoms. The molecule has 4 nitrogen and oxygen atoms in total. The molecule has 0 N–H and O–H groups in total. The van der Waals surface area contributed by atoms with Gasteiger partial charge in [0.05, 0.1) is 32.7 Å². The summed E-state index contributed by atoms with van der Waals surface area (Å²) in [4.78, 5) is 10.2. The van der Waals surface area contributed by atoms with Crippen LogP contribution in [0.3, 0.4) is 0 Å². The van der Waals surface area contributed by atoms with Crippen molar-refractivity contribution < 1.29 is 24.5 Å². The average molecular weight is 1160 g/mol. The van der Waals surface area contributed by atoms with E-state index in [2.05, 4.69) is 230 Å². The molecule has 0 saturated carbocycles. The molecule has 0 aliphatic carbocycles. The summed E-state index contributed by atoms with van der Waals surface area (Å²) in [5.74, 6) is 2.51. The number of hydrogen-bond acceptors (Lipinski definition) is 4. The number of thiazole rings is 1. The van der Waals surface area contributed by atoms with Crippen molar-refractivity contribution in [3.63, 3.8) is 0 Å². The van der Waals surface area contributed by atoms with Crippen molar-refractivity contribution in [1.29, 1.82) is 0 Å². The van der Waals surface area contributed by atoms with E-state index < -0.39 is 0 Å². The van der Waals surface area contributed by atoms with Crippen LogP contribution in [0, 0.1) is 12.1 Å². The molecule has 0 fully saturated rings. The Bertz CT molecular complexity index is 3860. The number of furan rings is 1. The second kappa shape index (κ2) is 21.3. The van der Waals surface area contributed by atoms with Crippen LogP contribution in [0.5, 0.6) is 0 Å². The van der Waals surface area contributed by atoms with Gasteiger partial charge < -0.3 is 8.98 Å². The Hall–Kier alpha value is -7.21. The average Bonchev–Trinajstić information content (AvgIpc) is 4.15. The normalized spacial score (nSPS) is 11.6. The summed E-state index contributed by atoms with van der Waals surface area (Å²) in [7, 11) is 0. The van der Waals surface area contributed by atoms with Crippen LogP contribution in [0.15, 0.2) is 192 Å². The number of aromatic nitrogens is 3. The third kappa shape index (κ3) is 9.48. The molecule has 0 amide bonds. The quantitative estimate of drug-likeness (QED) is 0.128. The van der Waals surface area contributed by atoms with Crippen LogP contribution >= 0.6 is 11.3 Å². The summed E-state index contributed by atoms with van der Waals surface area (Å²) in [6.45, 7) is 18.2. The number of imidazole rings is 1. The SMILES string of the molecule is CC(C)c1cc(-c2ccccc2)cc(C(C)C)c1-c1cccc2nc(-c3[c-]ccc4c3oc3cc(-c5ccccc5)ccc34)sc12.CC(C)c1cccc(C(C)C)c1-n1c(-c2[c-]cccc2)nc2ccccc21.[Ir]. The van der Waals surface area contributed by atoms with Crippen molar-refractivity contribution in [3.05, 3.63) is 222 Å². The molecule has 0 atom stereocenters. The van der Waals surface area contributed by atoms with Gasteiger partial charge in [0.25, 0.3) is 0 Å². The summed E-state index contributed by atoms with van der Waals surface area (Å²) in [5.41, 5.74) is 20.9. The van der Waals surface area contributed by atoms with Gasteiger partial charge in [-0.05, 0) is 98.0 Å². The number of nitrogens with zero attached hydrogens (tertiary/aromatic N) is 3. The van der Waals surface area contributed by atoms with Crippen molar-refractivity contribution in [2.45, 2.75) is 79.1 Å². The molecule has 6 heteroatoms. The van der Waals surface area contributed by atoms with Gasteiger partial charge in [-0.1, -0.05) is 194 Å². The molecule has 3 aromatic heterocycles. The van der Waals surface area contributed by atoms with Crippen molar-refractivity contribution >= 4 is 54.5 Å². The fourth-order valence-corrected chi connectivity index (χ4v) is 11.5. The zero-order valence-electron chi connectivity index (χ0n) is 43.2. The molecule has 0 aliphatic heterocycles. The number of hydrogen-bond donors (Lipinski definition) is 0. The van der Waals surface area contributed by atoms with Gasteiger partial charge >= 0.3 is 0 Å². The third-order valence-corrected chi connectivity index (χ3v) is 15.2. The number of benzene rings is 9. The molecule has 12 rings (SSSR count). The number of rotatable bonds is 10. The van der Waals surface area contributed by atoms with Gasteiger partial charge in [-0.2, -0.15) is 11.3 Å². The third-order valence-electron chi connectivity index (χ3n) is 14.1. The predicted octanol–water partition coefficient (Wildman–Crippen LogP) is 19.6. The molecule has 0 saturated heterocycles. The van der Waals surface area contributed by atoms with E-state index >= 15 is 0 Å². The molecule has 369 valence electrons. The number of para-hydroxylation sites is 3. The fraction of sp³-hybridized carbons (Fsp3) is 0.176. The Labute approximate surface area is 453 Å². The van der Waals surface area contributed by atoms with Gasteiger partial charge in [-0.3, -0.25) is 9.97 Å².